The van der Waals surface area contributed by atoms with Crippen molar-refractivity contribution in [3.8, 4) is 0 Å². The van der Waals surface area contributed by atoms with Gasteiger partial charge in [0.25, 0.3) is 0 Å². The van der Waals surface area contributed by atoms with Gasteiger partial charge in [-0.2, -0.15) is 0 Å². The normalized spacial score (nSPS) is 13.9. The Bertz CT molecular complexity index is 692. The number of nitrogens with one attached hydrogen (secondary N) is 1. The van der Waals surface area contributed by atoms with Gasteiger partial charge in [-0.05, 0) is 11.6 Å². The first kappa shape index (κ1) is 8.90. The molecule has 0 bridgehead atoms. The molecule has 1 aromatic carbocycles. The quantitative estimate of drug-likeness (QED) is 0.741. The summed E-state index contributed by atoms with van der Waals surface area (Å²) in [7, 11) is 0. The number of nitrogens with zero attached hydrogens (tertiary/aromatic N) is 1. The minimum atomic E-state index is -1.03. The molecule has 1 aliphatic heterocycles. The lowest BCUT2D eigenvalue weighted by Gasteiger charge is -1.94. The predicted octanol–water partition coefficient (Wildman–Crippen LogP) is 0.834. The molecular formula is C10H6N2O4. The van der Waals surface area contributed by atoms with E-state index in [0.717, 1.165) is 5.56 Å². The molecule has 0 saturated heterocycles. The zero-order valence-corrected chi connectivity index (χ0v) is 7.98. The van der Waals surface area contributed by atoms with Crippen molar-refractivity contribution >= 4 is 28.5 Å². The van der Waals surface area contributed by atoms with E-state index in [1.807, 2.05) is 0 Å². The number of rotatable bonds is 1. The third kappa shape index (κ3) is 1.16. The number of hydrogen-bond donors (Lipinski definition) is 2. The van der Waals surface area contributed by atoms with Gasteiger partial charge in [-0.15, -0.1) is 0 Å². The lowest BCUT2D eigenvalue weighted by Crippen LogP contribution is -2.11. The molecule has 1 aromatic heterocycles. The van der Waals surface area contributed by atoms with E-state index in [0.29, 0.717) is 16.8 Å². The number of hydrogen-bond acceptors (Lipinski definition) is 4. The van der Waals surface area contributed by atoms with Gasteiger partial charge in [0.15, 0.2) is 5.58 Å². The van der Waals surface area contributed by atoms with Gasteiger partial charge in [0.2, 0.25) is 0 Å². The van der Waals surface area contributed by atoms with Gasteiger partial charge in [-0.1, -0.05) is 0 Å². The number of carbonyl (C=O) groups is 1. The number of aromatic nitrogens is 1. The second-order valence-electron chi connectivity index (χ2n) is 3.53. The van der Waals surface area contributed by atoms with Crippen molar-refractivity contribution in [1.82, 2.24) is 4.98 Å². The lowest BCUT2D eigenvalue weighted by molar-refractivity contribution is -0.129. The summed E-state index contributed by atoms with van der Waals surface area (Å²) in [5, 5.41) is 8.81. The average Bonchev–Trinajstić information content (AvgIpc) is 2.74. The third-order valence-corrected chi connectivity index (χ3v) is 2.48. The molecule has 0 aliphatic carbocycles. The second-order valence-corrected chi connectivity index (χ2v) is 3.53. The first-order chi connectivity index (χ1) is 7.63. The summed E-state index contributed by atoms with van der Waals surface area (Å²) in [4.78, 5) is 28.1. The van der Waals surface area contributed by atoms with Gasteiger partial charge in [0, 0.05) is 12.5 Å². The van der Waals surface area contributed by atoms with Crippen molar-refractivity contribution in [2.45, 2.75) is 6.42 Å². The van der Waals surface area contributed by atoms with Gasteiger partial charge in [-0.3, -0.25) is 4.98 Å². The maximum atomic E-state index is 10.9. The number of aliphatic carboxylic acids is 1. The van der Waals surface area contributed by atoms with Crippen molar-refractivity contribution in [1.29, 1.82) is 0 Å². The number of oxazole rings is 1. The Kier molecular flexibility index (Phi) is 1.57. The Morgan fingerprint density at radius 1 is 1.50 bits per heavy atom. The van der Waals surface area contributed by atoms with Gasteiger partial charge in [0.05, 0.1) is 11.2 Å². The first-order valence-electron chi connectivity index (χ1n) is 4.60. The van der Waals surface area contributed by atoms with Crippen LogP contribution in [-0.4, -0.2) is 21.8 Å². The summed E-state index contributed by atoms with van der Waals surface area (Å²) in [5.41, 5.74) is 2.38. The zero-order valence-electron chi connectivity index (χ0n) is 7.98. The molecule has 0 saturated carbocycles. The largest absolute Gasteiger partial charge is 0.477 e. The van der Waals surface area contributed by atoms with Crippen LogP contribution in [0.1, 0.15) is 5.56 Å². The average molecular weight is 218 g/mol. The topological polar surface area (TPSA) is 95.7 Å². The van der Waals surface area contributed by atoms with Gasteiger partial charge in [0.1, 0.15) is 5.71 Å². The Labute approximate surface area is 88.2 Å². The van der Waals surface area contributed by atoms with Gasteiger partial charge in [-0.25, -0.2) is 14.6 Å². The van der Waals surface area contributed by atoms with Gasteiger partial charge >= 0.3 is 11.7 Å². The van der Waals surface area contributed by atoms with Crippen LogP contribution in [0, 0.1) is 0 Å². The molecule has 2 N–H and O–H groups in total. The summed E-state index contributed by atoms with van der Waals surface area (Å²) in [6.07, 6.45) is 0.272. The van der Waals surface area contributed by atoms with Crippen LogP contribution in [0.5, 0.6) is 0 Å². The van der Waals surface area contributed by atoms with E-state index in [-0.39, 0.29) is 12.1 Å². The number of benzene rings is 1. The maximum absolute atomic E-state index is 10.9. The van der Waals surface area contributed by atoms with Crippen LogP contribution in [0.4, 0.5) is 5.69 Å². The van der Waals surface area contributed by atoms with Crippen molar-refractivity contribution < 1.29 is 14.3 Å². The molecule has 0 atom stereocenters. The van der Waals surface area contributed by atoms with E-state index in [9.17, 15) is 9.59 Å². The van der Waals surface area contributed by atoms with Crippen LogP contribution in [0.3, 0.4) is 0 Å². The minimum absolute atomic E-state index is 0.102. The fourth-order valence-electron chi connectivity index (χ4n) is 1.77. The molecule has 0 radical (unpaired) electrons. The van der Waals surface area contributed by atoms with Crippen molar-refractivity contribution in [2.24, 2.45) is 4.99 Å². The standard InChI is InChI=1S/C10H6N2O4/c13-9(14)7-2-4-1-6-8(3-5(4)11-7)16-10(15)12-6/h1,3H,2H2,(H,12,15)(H,13,14). The minimum Gasteiger partial charge on any atom is -0.477 e. The number of fused-ring (bicyclic) bond motifs is 2. The Morgan fingerprint density at radius 2 is 2.31 bits per heavy atom. The van der Waals surface area contributed by atoms with Crippen molar-refractivity contribution in [3.63, 3.8) is 0 Å². The fraction of sp³-hybridized carbons (Fsp3) is 0.100. The van der Waals surface area contributed by atoms with Crippen LogP contribution in [-0.2, 0) is 11.2 Å². The SMILES string of the molecule is O=C(O)C1=Nc2cc3oc(=O)[nH]c3cc2C1. The highest BCUT2D eigenvalue weighted by molar-refractivity contribution is 6.37. The van der Waals surface area contributed by atoms with Crippen molar-refractivity contribution in [3.05, 3.63) is 28.2 Å². The number of H-pyrrole nitrogens is 1. The van der Waals surface area contributed by atoms with E-state index in [4.69, 9.17) is 9.52 Å². The Morgan fingerprint density at radius 3 is 3.06 bits per heavy atom. The zero-order chi connectivity index (χ0) is 11.3. The molecule has 0 fully saturated rings. The van der Waals surface area contributed by atoms with Crippen LogP contribution >= 0.6 is 0 Å². The van der Waals surface area contributed by atoms with E-state index < -0.39 is 11.7 Å². The van der Waals surface area contributed by atoms with Crippen LogP contribution in [0.15, 0.2) is 26.3 Å². The molecule has 6 heteroatoms. The van der Waals surface area contributed by atoms with Crippen LogP contribution in [0.25, 0.3) is 11.1 Å². The Hall–Kier alpha value is -2.37. The molecular weight excluding hydrogens is 212 g/mol. The molecule has 1 aliphatic rings. The maximum Gasteiger partial charge on any atom is 0.417 e. The number of aliphatic imine (C=N–C) groups is 1. The van der Waals surface area contributed by atoms with Crippen LogP contribution in [0.2, 0.25) is 0 Å². The summed E-state index contributed by atoms with van der Waals surface area (Å²) in [6, 6.07) is 3.26. The lowest BCUT2D eigenvalue weighted by atomic mass is 10.1. The molecule has 2 aromatic rings. The van der Waals surface area contributed by atoms with E-state index in [2.05, 4.69) is 9.98 Å². The summed E-state index contributed by atoms with van der Waals surface area (Å²) < 4.78 is 4.86. The molecule has 16 heavy (non-hydrogen) atoms. The fourth-order valence-corrected chi connectivity index (χ4v) is 1.77. The molecule has 3 rings (SSSR count). The smallest absolute Gasteiger partial charge is 0.417 e. The highest BCUT2D eigenvalue weighted by Gasteiger charge is 2.21. The molecule has 0 spiro atoms. The molecule has 0 unspecified atom stereocenters. The molecule has 6 nitrogen and oxygen atoms in total. The number of carboxylic acid groups (broad SMARTS) is 1. The van der Waals surface area contributed by atoms with Crippen LogP contribution < -0.4 is 5.76 Å². The Balaban J connectivity index is 2.22. The second kappa shape index (κ2) is 2.82. The molecule has 80 valence electrons. The summed E-state index contributed by atoms with van der Waals surface area (Å²) in [6.45, 7) is 0. The number of aromatic amines is 1. The molecule has 2 heterocycles. The van der Waals surface area contributed by atoms with E-state index in [1.54, 1.807) is 12.1 Å². The predicted molar refractivity (Wildman–Crippen MR) is 55.3 cm³/mol. The summed E-state index contributed by atoms with van der Waals surface area (Å²) in [5.74, 6) is -1.55. The monoisotopic (exact) mass is 218 g/mol. The van der Waals surface area contributed by atoms with Crippen molar-refractivity contribution in [2.75, 3.05) is 0 Å². The third-order valence-electron chi connectivity index (χ3n) is 2.48. The van der Waals surface area contributed by atoms with E-state index >= 15 is 0 Å². The summed E-state index contributed by atoms with van der Waals surface area (Å²) >= 11 is 0. The van der Waals surface area contributed by atoms with Gasteiger partial charge < -0.3 is 9.52 Å². The highest BCUT2D eigenvalue weighted by Crippen LogP contribution is 2.30. The first-order valence-corrected chi connectivity index (χ1v) is 4.60. The highest BCUT2D eigenvalue weighted by atomic mass is 16.4. The molecule has 0 amide bonds. The number of carboxylic acids is 1. The van der Waals surface area contributed by atoms with E-state index in [1.165, 1.54) is 0 Å².